The van der Waals surface area contributed by atoms with Gasteiger partial charge in [-0.1, -0.05) is 27.0 Å². The first-order chi connectivity index (χ1) is 6.20. The molecule has 74 valence electrons. The summed E-state index contributed by atoms with van der Waals surface area (Å²) in [5, 5.41) is 0. The van der Waals surface area contributed by atoms with Crippen LogP contribution in [0.25, 0.3) is 0 Å². The van der Waals surface area contributed by atoms with E-state index in [9.17, 15) is 0 Å². The van der Waals surface area contributed by atoms with Gasteiger partial charge in [0.05, 0.1) is 0 Å². The van der Waals surface area contributed by atoms with E-state index in [-0.39, 0.29) is 0 Å². The maximum atomic E-state index is 4.15. The molecule has 1 aliphatic heterocycles. The molecule has 0 amide bonds. The molecule has 1 heterocycles. The lowest BCUT2D eigenvalue weighted by Gasteiger charge is -2.32. The summed E-state index contributed by atoms with van der Waals surface area (Å²) in [4.78, 5) is 6.30. The summed E-state index contributed by atoms with van der Waals surface area (Å²) >= 11 is 0. The van der Waals surface area contributed by atoms with Crippen molar-refractivity contribution in [2.24, 2.45) is 4.99 Å². The quantitative estimate of drug-likeness (QED) is 0.610. The van der Waals surface area contributed by atoms with E-state index in [0.29, 0.717) is 0 Å². The molecule has 0 aliphatic carbocycles. The minimum Gasteiger partial charge on any atom is -0.357 e. The van der Waals surface area contributed by atoms with Gasteiger partial charge in [0.1, 0.15) is 5.82 Å². The molecular weight excluding hydrogens is 160 g/mol. The number of rotatable bonds is 3. The van der Waals surface area contributed by atoms with Gasteiger partial charge in [-0.15, -0.1) is 0 Å². The first kappa shape index (κ1) is 11.9. The third-order valence-electron chi connectivity index (χ3n) is 1.66. The highest BCUT2D eigenvalue weighted by molar-refractivity contribution is 5.77. The Balaban J connectivity index is 0.000000671. The molecule has 1 fully saturated rings. The van der Waals surface area contributed by atoms with E-state index in [1.54, 1.807) is 6.21 Å². The largest absolute Gasteiger partial charge is 0.357 e. The van der Waals surface area contributed by atoms with E-state index in [4.69, 9.17) is 0 Å². The Morgan fingerprint density at radius 2 is 1.85 bits per heavy atom. The fraction of sp³-hybridized carbons (Fsp3) is 0.545. The summed E-state index contributed by atoms with van der Waals surface area (Å²) in [6.07, 6.45) is 3.02. The van der Waals surface area contributed by atoms with Gasteiger partial charge in [-0.25, -0.2) is 4.99 Å². The van der Waals surface area contributed by atoms with Crippen molar-refractivity contribution in [1.82, 2.24) is 4.90 Å². The molecule has 0 N–H and O–H groups in total. The van der Waals surface area contributed by atoms with Crippen LogP contribution < -0.4 is 0 Å². The summed E-state index contributed by atoms with van der Waals surface area (Å²) in [7, 11) is 0. The average Bonchev–Trinajstić information content (AvgIpc) is 2.01. The number of likely N-dealkylation sites (tertiary alicyclic amines) is 1. The maximum absolute atomic E-state index is 4.15. The van der Waals surface area contributed by atoms with Gasteiger partial charge >= 0.3 is 0 Å². The van der Waals surface area contributed by atoms with Gasteiger partial charge in [-0.05, 0) is 18.9 Å². The summed E-state index contributed by atoms with van der Waals surface area (Å²) < 4.78 is 0. The fourth-order valence-corrected chi connectivity index (χ4v) is 0.841. The molecule has 1 aliphatic rings. The number of nitrogens with zero attached hydrogens (tertiary/aromatic N) is 2. The van der Waals surface area contributed by atoms with Crippen LogP contribution in [0.4, 0.5) is 0 Å². The van der Waals surface area contributed by atoms with Crippen LogP contribution in [0.15, 0.2) is 29.5 Å². The van der Waals surface area contributed by atoms with Crippen LogP contribution in [0.5, 0.6) is 0 Å². The zero-order valence-corrected chi connectivity index (χ0v) is 9.01. The van der Waals surface area contributed by atoms with Crippen LogP contribution in [0.1, 0.15) is 27.2 Å². The number of aliphatic imine (C=N–C) groups is 1. The molecule has 0 spiro atoms. The number of allylic oxidation sites excluding steroid dienone is 1. The molecule has 0 atom stereocenters. The van der Waals surface area contributed by atoms with E-state index >= 15 is 0 Å². The molecule has 0 bridgehead atoms. The monoisotopic (exact) mass is 180 g/mol. The van der Waals surface area contributed by atoms with E-state index in [2.05, 4.69) is 23.1 Å². The van der Waals surface area contributed by atoms with Crippen LogP contribution in [-0.4, -0.2) is 24.2 Å². The standard InChI is InChI=1S/C9H14N2.C2H6/c1-8(2)7-10-9(3)11-5-4-6-11;1-2/h7H,1,3-6H2,2H3;1-2H3/b10-7-;. The second kappa shape index (κ2) is 6.46. The SMILES string of the molecule is C=C(C)/C=N\C(=C)N1CCC1.CC. The molecule has 0 aromatic rings. The van der Waals surface area contributed by atoms with Crippen LogP contribution in [0, 0.1) is 0 Å². The predicted octanol–water partition coefficient (Wildman–Crippen LogP) is 2.84. The highest BCUT2D eigenvalue weighted by Crippen LogP contribution is 2.13. The van der Waals surface area contributed by atoms with E-state index in [0.717, 1.165) is 24.5 Å². The normalized spacial score (nSPS) is 14.5. The Hall–Kier alpha value is -1.05. The number of hydrogen-bond acceptors (Lipinski definition) is 2. The van der Waals surface area contributed by atoms with Crippen molar-refractivity contribution in [3.8, 4) is 0 Å². The Bertz CT molecular complexity index is 200. The van der Waals surface area contributed by atoms with Crippen LogP contribution in [-0.2, 0) is 0 Å². The molecular formula is C11H20N2. The first-order valence-electron chi connectivity index (χ1n) is 4.83. The van der Waals surface area contributed by atoms with Crippen LogP contribution in [0.3, 0.4) is 0 Å². The third-order valence-corrected chi connectivity index (χ3v) is 1.66. The van der Waals surface area contributed by atoms with Crippen LogP contribution >= 0.6 is 0 Å². The van der Waals surface area contributed by atoms with Crippen molar-refractivity contribution < 1.29 is 0 Å². The Kier molecular flexibility index (Phi) is 5.94. The maximum Gasteiger partial charge on any atom is 0.121 e. The van der Waals surface area contributed by atoms with Crippen molar-refractivity contribution >= 4 is 6.21 Å². The predicted molar refractivity (Wildman–Crippen MR) is 60.0 cm³/mol. The second-order valence-corrected chi connectivity index (χ2v) is 2.86. The highest BCUT2D eigenvalue weighted by Gasteiger charge is 2.13. The molecule has 2 heteroatoms. The van der Waals surface area contributed by atoms with Crippen molar-refractivity contribution in [2.75, 3.05) is 13.1 Å². The van der Waals surface area contributed by atoms with Crippen LogP contribution in [0.2, 0.25) is 0 Å². The summed E-state index contributed by atoms with van der Waals surface area (Å²) in [6, 6.07) is 0. The third kappa shape index (κ3) is 4.51. The van der Waals surface area contributed by atoms with Crippen molar-refractivity contribution in [2.45, 2.75) is 27.2 Å². The summed E-state index contributed by atoms with van der Waals surface area (Å²) in [6.45, 7) is 15.7. The molecule has 1 saturated heterocycles. The highest BCUT2D eigenvalue weighted by atomic mass is 15.2. The topological polar surface area (TPSA) is 15.6 Å². The Labute approximate surface area is 81.7 Å². The fourth-order valence-electron chi connectivity index (χ4n) is 0.841. The zero-order chi connectivity index (χ0) is 10.3. The number of hydrogen-bond donors (Lipinski definition) is 0. The molecule has 0 radical (unpaired) electrons. The molecule has 13 heavy (non-hydrogen) atoms. The van der Waals surface area contributed by atoms with Gasteiger partial charge in [-0.2, -0.15) is 0 Å². The van der Waals surface area contributed by atoms with Gasteiger partial charge in [0, 0.05) is 19.3 Å². The van der Waals surface area contributed by atoms with Gasteiger partial charge < -0.3 is 4.90 Å². The van der Waals surface area contributed by atoms with E-state index in [1.165, 1.54) is 6.42 Å². The van der Waals surface area contributed by atoms with Crippen molar-refractivity contribution in [3.05, 3.63) is 24.6 Å². The lowest BCUT2D eigenvalue weighted by atomic mass is 10.2. The van der Waals surface area contributed by atoms with Gasteiger partial charge in [0.25, 0.3) is 0 Å². The van der Waals surface area contributed by atoms with E-state index in [1.807, 2.05) is 20.8 Å². The first-order valence-corrected chi connectivity index (χ1v) is 4.83. The average molecular weight is 180 g/mol. The zero-order valence-electron chi connectivity index (χ0n) is 9.01. The summed E-state index contributed by atoms with van der Waals surface area (Å²) in [5.74, 6) is 0.860. The van der Waals surface area contributed by atoms with Crippen molar-refractivity contribution in [3.63, 3.8) is 0 Å². The molecule has 0 aromatic carbocycles. The Morgan fingerprint density at radius 1 is 1.31 bits per heavy atom. The van der Waals surface area contributed by atoms with Crippen molar-refractivity contribution in [1.29, 1.82) is 0 Å². The minimum atomic E-state index is 0.860. The lowest BCUT2D eigenvalue weighted by Crippen LogP contribution is -2.35. The smallest absolute Gasteiger partial charge is 0.121 e. The molecule has 2 nitrogen and oxygen atoms in total. The molecule has 0 unspecified atom stereocenters. The van der Waals surface area contributed by atoms with Gasteiger partial charge in [0.2, 0.25) is 0 Å². The van der Waals surface area contributed by atoms with Gasteiger partial charge in [0.15, 0.2) is 0 Å². The lowest BCUT2D eigenvalue weighted by molar-refractivity contribution is 0.238. The second-order valence-electron chi connectivity index (χ2n) is 2.86. The molecule has 0 aromatic heterocycles. The summed E-state index contributed by atoms with van der Waals surface area (Å²) in [5.41, 5.74) is 0.965. The van der Waals surface area contributed by atoms with E-state index < -0.39 is 0 Å². The molecule has 1 rings (SSSR count). The molecule has 0 saturated carbocycles. The van der Waals surface area contributed by atoms with Gasteiger partial charge in [-0.3, -0.25) is 0 Å². The Morgan fingerprint density at radius 3 is 2.15 bits per heavy atom. The minimum absolute atomic E-state index is 0.860.